The van der Waals surface area contributed by atoms with Crippen LogP contribution in [0.4, 0.5) is 0 Å². The Kier molecular flexibility index (Phi) is 6.07. The van der Waals surface area contributed by atoms with Crippen LogP contribution in [0.1, 0.15) is 76.3 Å². The van der Waals surface area contributed by atoms with Crippen LogP contribution >= 0.6 is 0 Å². The van der Waals surface area contributed by atoms with E-state index in [0.717, 1.165) is 44.7 Å². The Morgan fingerprint density at radius 3 is 2.43 bits per heavy atom. The number of hydrogen-bond acceptors (Lipinski definition) is 3. The Morgan fingerprint density at radius 1 is 1.11 bits per heavy atom. The molecule has 2 aliphatic carbocycles. The molecule has 0 bridgehead atoms. The third-order valence-electron chi connectivity index (χ3n) is 7.42. The van der Waals surface area contributed by atoms with Crippen LogP contribution in [0.5, 0.6) is 0 Å². The Labute approximate surface area is 169 Å². The minimum absolute atomic E-state index is 0.0379. The Morgan fingerprint density at radius 2 is 1.75 bits per heavy atom. The summed E-state index contributed by atoms with van der Waals surface area (Å²) in [6, 6.07) is 10.3. The molecule has 0 aromatic heterocycles. The van der Waals surface area contributed by atoms with Crippen LogP contribution in [-0.2, 0) is 4.79 Å². The molecule has 1 aliphatic heterocycles. The lowest BCUT2D eigenvalue weighted by Crippen LogP contribution is -2.63. The number of hydrogen-bond donors (Lipinski definition) is 2. The van der Waals surface area contributed by atoms with Crippen LogP contribution in [0.25, 0.3) is 0 Å². The fraction of sp³-hybridized carbons (Fsp3) is 0.708. The van der Waals surface area contributed by atoms with Gasteiger partial charge in [-0.1, -0.05) is 56.0 Å². The van der Waals surface area contributed by atoms with Crippen LogP contribution in [0.15, 0.2) is 30.3 Å². The average Bonchev–Trinajstić information content (AvgIpc) is 3.39. The van der Waals surface area contributed by atoms with E-state index in [4.69, 9.17) is 0 Å². The van der Waals surface area contributed by atoms with Gasteiger partial charge in [0.2, 0.25) is 5.91 Å². The third-order valence-corrected chi connectivity index (χ3v) is 7.42. The average molecular weight is 385 g/mol. The fourth-order valence-corrected chi connectivity index (χ4v) is 5.69. The number of amides is 1. The topological polar surface area (TPSA) is 52.6 Å². The molecule has 2 saturated carbocycles. The summed E-state index contributed by atoms with van der Waals surface area (Å²) in [5, 5.41) is 14.6. The third kappa shape index (κ3) is 4.28. The van der Waals surface area contributed by atoms with E-state index in [9.17, 15) is 9.90 Å². The molecule has 4 rings (SSSR count). The van der Waals surface area contributed by atoms with Gasteiger partial charge in [0.1, 0.15) is 0 Å². The van der Waals surface area contributed by atoms with Gasteiger partial charge >= 0.3 is 0 Å². The van der Waals surface area contributed by atoms with Crippen molar-refractivity contribution >= 4 is 5.91 Å². The maximum absolute atomic E-state index is 13.0. The zero-order valence-corrected chi connectivity index (χ0v) is 17.3. The highest BCUT2D eigenvalue weighted by atomic mass is 16.3. The normalized spacial score (nSPS) is 32.6. The smallest absolute Gasteiger partial charge is 0.223 e. The van der Waals surface area contributed by atoms with E-state index in [1.54, 1.807) is 0 Å². The summed E-state index contributed by atoms with van der Waals surface area (Å²) in [5.41, 5.74) is 0.318. The second-order valence-electron chi connectivity index (χ2n) is 9.58. The number of carbonyl (C=O) groups is 1. The molecule has 154 valence electrons. The zero-order valence-electron chi connectivity index (χ0n) is 17.3. The van der Waals surface area contributed by atoms with Gasteiger partial charge in [-0.2, -0.15) is 0 Å². The Hall–Kier alpha value is -1.39. The van der Waals surface area contributed by atoms with Gasteiger partial charge in [0, 0.05) is 19.0 Å². The summed E-state index contributed by atoms with van der Waals surface area (Å²) in [7, 11) is 0. The largest absolute Gasteiger partial charge is 0.388 e. The van der Waals surface area contributed by atoms with Gasteiger partial charge in [-0.3, -0.25) is 9.69 Å². The summed E-state index contributed by atoms with van der Waals surface area (Å²) in [6.07, 6.45) is 10.3. The number of likely N-dealkylation sites (tertiary alicyclic amines) is 1. The first-order valence-electron chi connectivity index (χ1n) is 11.4. The molecule has 3 aliphatic rings. The summed E-state index contributed by atoms with van der Waals surface area (Å²) in [6.45, 7) is 3.87. The first-order valence-corrected chi connectivity index (χ1v) is 11.4. The van der Waals surface area contributed by atoms with Crippen molar-refractivity contribution in [1.29, 1.82) is 0 Å². The monoisotopic (exact) mass is 384 g/mol. The van der Waals surface area contributed by atoms with Crippen LogP contribution in [0, 0.1) is 11.8 Å². The molecule has 4 heteroatoms. The van der Waals surface area contributed by atoms with Crippen molar-refractivity contribution in [2.75, 3.05) is 13.1 Å². The van der Waals surface area contributed by atoms with Gasteiger partial charge in [0.25, 0.3) is 0 Å². The highest BCUT2D eigenvalue weighted by Crippen LogP contribution is 2.39. The minimum atomic E-state index is -0.888. The van der Waals surface area contributed by atoms with Crippen LogP contribution in [-0.4, -0.2) is 40.6 Å². The second kappa shape index (κ2) is 8.54. The van der Waals surface area contributed by atoms with Crippen molar-refractivity contribution in [1.82, 2.24) is 10.2 Å². The molecule has 1 heterocycles. The SMILES string of the molecule is C[C@@]1(O)CCN(CC2CCCC2)[C@@H](c2ccccc2)[C@@H]1NC(=O)C1CCCC1. The van der Waals surface area contributed by atoms with E-state index in [1.807, 2.05) is 13.0 Å². The molecule has 3 fully saturated rings. The van der Waals surface area contributed by atoms with Gasteiger partial charge < -0.3 is 10.4 Å². The highest BCUT2D eigenvalue weighted by molar-refractivity contribution is 5.79. The number of aliphatic hydroxyl groups is 1. The molecule has 0 spiro atoms. The van der Waals surface area contributed by atoms with Crippen molar-refractivity contribution in [3.05, 3.63) is 35.9 Å². The molecule has 1 aromatic rings. The first-order chi connectivity index (χ1) is 13.5. The van der Waals surface area contributed by atoms with Gasteiger partial charge in [-0.25, -0.2) is 0 Å². The first kappa shape index (κ1) is 19.9. The predicted molar refractivity (Wildman–Crippen MR) is 112 cm³/mol. The number of carbonyl (C=O) groups excluding carboxylic acids is 1. The summed E-state index contributed by atoms with van der Waals surface area (Å²) in [4.78, 5) is 15.5. The molecular formula is C24H36N2O2. The maximum Gasteiger partial charge on any atom is 0.223 e. The van der Waals surface area contributed by atoms with Crippen LogP contribution < -0.4 is 5.32 Å². The Balaban J connectivity index is 1.60. The fourth-order valence-electron chi connectivity index (χ4n) is 5.69. The number of piperidine rings is 1. The predicted octanol–water partition coefficient (Wildman–Crippen LogP) is 4.05. The second-order valence-corrected chi connectivity index (χ2v) is 9.58. The summed E-state index contributed by atoms with van der Waals surface area (Å²) in [5.74, 6) is 1.02. The van der Waals surface area contributed by atoms with E-state index >= 15 is 0 Å². The molecule has 1 saturated heterocycles. The van der Waals surface area contributed by atoms with E-state index in [2.05, 4.69) is 34.5 Å². The van der Waals surface area contributed by atoms with Crippen LogP contribution in [0.2, 0.25) is 0 Å². The molecule has 28 heavy (non-hydrogen) atoms. The molecule has 0 unspecified atom stereocenters. The lowest BCUT2D eigenvalue weighted by atomic mass is 9.79. The Bertz CT molecular complexity index is 648. The van der Waals surface area contributed by atoms with E-state index < -0.39 is 5.60 Å². The van der Waals surface area contributed by atoms with E-state index in [1.165, 1.54) is 31.2 Å². The molecule has 1 amide bonds. The van der Waals surface area contributed by atoms with E-state index in [-0.39, 0.29) is 23.9 Å². The quantitative estimate of drug-likeness (QED) is 0.805. The number of nitrogens with zero attached hydrogens (tertiary/aromatic N) is 1. The van der Waals surface area contributed by atoms with Crippen molar-refractivity contribution in [2.24, 2.45) is 11.8 Å². The number of rotatable bonds is 5. The van der Waals surface area contributed by atoms with Gasteiger partial charge in [0.15, 0.2) is 0 Å². The van der Waals surface area contributed by atoms with Gasteiger partial charge in [-0.05, 0) is 50.5 Å². The van der Waals surface area contributed by atoms with Crippen molar-refractivity contribution in [3.63, 3.8) is 0 Å². The summed E-state index contributed by atoms with van der Waals surface area (Å²) >= 11 is 0. The van der Waals surface area contributed by atoms with Crippen molar-refractivity contribution in [3.8, 4) is 0 Å². The van der Waals surface area contributed by atoms with Crippen molar-refractivity contribution in [2.45, 2.75) is 82.4 Å². The van der Waals surface area contributed by atoms with Crippen molar-refractivity contribution < 1.29 is 9.90 Å². The van der Waals surface area contributed by atoms with E-state index in [0.29, 0.717) is 6.42 Å². The molecule has 3 atom stereocenters. The highest BCUT2D eigenvalue weighted by Gasteiger charge is 2.47. The lowest BCUT2D eigenvalue weighted by molar-refractivity contribution is -0.132. The zero-order chi connectivity index (χ0) is 19.6. The molecule has 4 nitrogen and oxygen atoms in total. The van der Waals surface area contributed by atoms with Gasteiger partial charge in [-0.15, -0.1) is 0 Å². The molecule has 2 N–H and O–H groups in total. The number of nitrogens with one attached hydrogen (secondary N) is 1. The molecule has 0 radical (unpaired) electrons. The lowest BCUT2D eigenvalue weighted by Gasteiger charge is -2.50. The molecular weight excluding hydrogens is 348 g/mol. The van der Waals surface area contributed by atoms with Crippen LogP contribution in [0.3, 0.4) is 0 Å². The van der Waals surface area contributed by atoms with Gasteiger partial charge in [0.05, 0.1) is 17.7 Å². The molecule has 1 aromatic carbocycles. The minimum Gasteiger partial charge on any atom is -0.388 e. The number of benzene rings is 1. The summed E-state index contributed by atoms with van der Waals surface area (Å²) < 4.78 is 0. The standard InChI is InChI=1S/C24H36N2O2/c1-24(28)15-16-26(17-18-9-5-6-10-18)21(19-11-3-2-4-12-19)22(24)25-23(27)20-13-7-8-14-20/h2-4,11-12,18,20-22,28H,5-10,13-17H2,1H3,(H,25,27)/t21-,22-,24+/m0/s1. The maximum atomic E-state index is 13.0.